The number of nitrogens with zero attached hydrogens (tertiary/aromatic N) is 4. The summed E-state index contributed by atoms with van der Waals surface area (Å²) >= 11 is 0. The minimum Gasteiger partial charge on any atom is -0.360 e. The second-order valence-electron chi connectivity index (χ2n) is 5.68. The Kier molecular flexibility index (Phi) is 4.24. The van der Waals surface area contributed by atoms with Crippen molar-refractivity contribution in [3.63, 3.8) is 0 Å². The third kappa shape index (κ3) is 3.02. The summed E-state index contributed by atoms with van der Waals surface area (Å²) in [6, 6.07) is 5.11. The van der Waals surface area contributed by atoms with Crippen LogP contribution < -0.4 is 10.9 Å². The van der Waals surface area contributed by atoms with Crippen LogP contribution in [0.25, 0.3) is 5.65 Å². The molecule has 2 aromatic rings. The van der Waals surface area contributed by atoms with Gasteiger partial charge in [0.25, 0.3) is 0 Å². The maximum Gasteiger partial charge on any atom is 0.376 e. The molecule has 0 aromatic carbocycles. The summed E-state index contributed by atoms with van der Waals surface area (Å²) in [4.78, 5) is 29.7. The molecule has 1 aliphatic heterocycles. The van der Waals surface area contributed by atoms with Crippen LogP contribution in [0.15, 0.2) is 29.2 Å². The average Bonchev–Trinajstić information content (AvgIpc) is 2.55. The van der Waals surface area contributed by atoms with Crippen molar-refractivity contribution in [1.82, 2.24) is 14.3 Å². The highest BCUT2D eigenvalue weighted by Gasteiger charge is 2.27. The molecule has 0 aliphatic carbocycles. The van der Waals surface area contributed by atoms with Gasteiger partial charge in [-0.15, -0.1) is 0 Å². The highest BCUT2D eigenvalue weighted by Crippen LogP contribution is 2.21. The fourth-order valence-corrected chi connectivity index (χ4v) is 3.00. The van der Waals surface area contributed by atoms with E-state index in [2.05, 4.69) is 22.1 Å². The molecule has 3 rings (SSSR count). The van der Waals surface area contributed by atoms with Crippen LogP contribution in [-0.2, 0) is 0 Å². The molecular weight excluding hydrogens is 298 g/mol. The fourth-order valence-electron chi connectivity index (χ4n) is 3.00. The lowest BCUT2D eigenvalue weighted by Gasteiger charge is -2.32. The zero-order valence-corrected chi connectivity index (χ0v) is 12.9. The van der Waals surface area contributed by atoms with Crippen LogP contribution in [0.3, 0.4) is 0 Å². The van der Waals surface area contributed by atoms with Crippen LogP contribution >= 0.6 is 0 Å². The van der Waals surface area contributed by atoms with Crippen molar-refractivity contribution in [2.45, 2.75) is 25.8 Å². The highest BCUT2D eigenvalue weighted by molar-refractivity contribution is 5.60. The van der Waals surface area contributed by atoms with Crippen LogP contribution in [0, 0.1) is 10.1 Å². The van der Waals surface area contributed by atoms with E-state index in [1.165, 1.54) is 10.6 Å². The molecule has 1 aliphatic rings. The second kappa shape index (κ2) is 6.33. The van der Waals surface area contributed by atoms with Gasteiger partial charge in [-0.05, 0) is 38.1 Å². The summed E-state index contributed by atoms with van der Waals surface area (Å²) in [5.74, 6) is 0.0640. The van der Waals surface area contributed by atoms with Crippen molar-refractivity contribution in [2.75, 3.05) is 25.0 Å². The van der Waals surface area contributed by atoms with Gasteiger partial charge in [0.05, 0.1) is 4.92 Å². The first-order chi connectivity index (χ1) is 11.1. The summed E-state index contributed by atoms with van der Waals surface area (Å²) in [6.45, 7) is 4.85. The number of anilines is 1. The van der Waals surface area contributed by atoms with Gasteiger partial charge in [0.15, 0.2) is 0 Å². The highest BCUT2D eigenvalue weighted by atomic mass is 16.6. The van der Waals surface area contributed by atoms with Crippen molar-refractivity contribution in [1.29, 1.82) is 0 Å². The number of piperidine rings is 1. The number of rotatable bonds is 4. The van der Waals surface area contributed by atoms with E-state index < -0.39 is 16.2 Å². The number of fused-ring (bicyclic) bond motifs is 1. The molecule has 8 nitrogen and oxygen atoms in total. The topological polar surface area (TPSA) is 92.8 Å². The number of hydrogen-bond acceptors (Lipinski definition) is 6. The van der Waals surface area contributed by atoms with Gasteiger partial charge in [0, 0.05) is 18.8 Å². The van der Waals surface area contributed by atoms with E-state index in [9.17, 15) is 14.9 Å². The SMILES string of the molecule is CCN1CCC[C@@H](Nc2nc3ccccn3c(=O)c2[N+](=O)[O-])C1. The van der Waals surface area contributed by atoms with E-state index in [1.54, 1.807) is 18.2 Å². The summed E-state index contributed by atoms with van der Waals surface area (Å²) in [7, 11) is 0. The summed E-state index contributed by atoms with van der Waals surface area (Å²) < 4.78 is 1.20. The summed E-state index contributed by atoms with van der Waals surface area (Å²) in [5.41, 5.74) is -0.762. The number of aromatic nitrogens is 2. The van der Waals surface area contributed by atoms with Gasteiger partial charge in [0.1, 0.15) is 5.65 Å². The Morgan fingerprint density at radius 2 is 2.30 bits per heavy atom. The summed E-state index contributed by atoms with van der Waals surface area (Å²) in [5, 5.41) is 14.5. The molecule has 1 N–H and O–H groups in total. The normalized spacial score (nSPS) is 18.9. The van der Waals surface area contributed by atoms with Crippen molar-refractivity contribution >= 4 is 17.2 Å². The van der Waals surface area contributed by atoms with Crippen molar-refractivity contribution < 1.29 is 4.92 Å². The van der Waals surface area contributed by atoms with Gasteiger partial charge >= 0.3 is 11.2 Å². The Morgan fingerprint density at radius 3 is 3.04 bits per heavy atom. The lowest BCUT2D eigenvalue weighted by molar-refractivity contribution is -0.385. The molecule has 1 saturated heterocycles. The summed E-state index contributed by atoms with van der Waals surface area (Å²) in [6.07, 6.45) is 3.41. The number of likely N-dealkylation sites (N-methyl/N-ethyl adjacent to an activating group) is 1. The van der Waals surface area contributed by atoms with E-state index >= 15 is 0 Å². The van der Waals surface area contributed by atoms with Crippen LogP contribution in [0.1, 0.15) is 19.8 Å². The van der Waals surface area contributed by atoms with Crippen molar-refractivity contribution in [2.24, 2.45) is 0 Å². The van der Waals surface area contributed by atoms with Gasteiger partial charge in [-0.25, -0.2) is 4.98 Å². The quantitative estimate of drug-likeness (QED) is 0.678. The molecule has 23 heavy (non-hydrogen) atoms. The van der Waals surface area contributed by atoms with E-state index in [0.717, 1.165) is 32.5 Å². The van der Waals surface area contributed by atoms with Crippen LogP contribution in [0.5, 0.6) is 0 Å². The minimum atomic E-state index is -0.661. The lowest BCUT2D eigenvalue weighted by atomic mass is 10.1. The van der Waals surface area contributed by atoms with E-state index in [4.69, 9.17) is 0 Å². The molecular formula is C15H19N5O3. The minimum absolute atomic E-state index is 0.0560. The van der Waals surface area contributed by atoms with Crippen LogP contribution in [0.4, 0.5) is 11.5 Å². The zero-order chi connectivity index (χ0) is 16.4. The molecule has 0 unspecified atom stereocenters. The second-order valence-corrected chi connectivity index (χ2v) is 5.68. The van der Waals surface area contributed by atoms with Crippen LogP contribution in [-0.4, -0.2) is 44.9 Å². The molecule has 1 atom stereocenters. The smallest absolute Gasteiger partial charge is 0.360 e. The molecule has 8 heteroatoms. The van der Waals surface area contributed by atoms with E-state index in [-0.39, 0.29) is 11.9 Å². The van der Waals surface area contributed by atoms with Crippen molar-refractivity contribution in [3.8, 4) is 0 Å². The molecule has 1 fully saturated rings. The van der Waals surface area contributed by atoms with Gasteiger partial charge in [-0.1, -0.05) is 13.0 Å². The lowest BCUT2D eigenvalue weighted by Crippen LogP contribution is -2.42. The van der Waals surface area contributed by atoms with Gasteiger partial charge in [-0.3, -0.25) is 19.3 Å². The Morgan fingerprint density at radius 1 is 1.48 bits per heavy atom. The number of nitro groups is 1. The predicted molar refractivity (Wildman–Crippen MR) is 86.9 cm³/mol. The Labute approximate surface area is 132 Å². The third-order valence-corrected chi connectivity index (χ3v) is 4.19. The first-order valence-corrected chi connectivity index (χ1v) is 7.75. The maximum atomic E-state index is 12.4. The molecule has 2 aromatic heterocycles. The van der Waals surface area contributed by atoms with Gasteiger partial charge in [0.2, 0.25) is 5.82 Å². The molecule has 0 amide bonds. The van der Waals surface area contributed by atoms with Crippen molar-refractivity contribution in [3.05, 3.63) is 44.9 Å². The Bertz CT molecular complexity index is 788. The fraction of sp³-hybridized carbons (Fsp3) is 0.467. The van der Waals surface area contributed by atoms with Crippen LogP contribution in [0.2, 0.25) is 0 Å². The first kappa shape index (κ1) is 15.4. The largest absolute Gasteiger partial charge is 0.376 e. The third-order valence-electron chi connectivity index (χ3n) is 4.19. The molecule has 122 valence electrons. The Hall–Kier alpha value is -2.48. The number of nitrogens with one attached hydrogen (secondary N) is 1. The monoisotopic (exact) mass is 317 g/mol. The van der Waals surface area contributed by atoms with Gasteiger partial charge < -0.3 is 10.2 Å². The number of hydrogen-bond donors (Lipinski definition) is 1. The standard InChI is InChI=1S/C15H19N5O3/c1-2-18-8-5-6-11(10-18)16-14-13(20(22)23)15(21)19-9-4-3-7-12(19)17-14/h3-4,7,9,11,16H,2,5-6,8,10H2,1H3/t11-/m1/s1. The number of likely N-dealkylation sites (tertiary alicyclic amines) is 1. The molecule has 0 saturated carbocycles. The maximum absolute atomic E-state index is 12.4. The first-order valence-electron chi connectivity index (χ1n) is 7.75. The Balaban J connectivity index is 2.00. The molecule has 0 bridgehead atoms. The van der Waals surface area contributed by atoms with E-state index in [1.807, 2.05) is 0 Å². The predicted octanol–water partition coefficient (Wildman–Crippen LogP) is 1.50. The molecule has 3 heterocycles. The van der Waals surface area contributed by atoms with E-state index in [0.29, 0.717) is 5.65 Å². The van der Waals surface area contributed by atoms with Gasteiger partial charge in [-0.2, -0.15) is 0 Å². The average molecular weight is 317 g/mol. The zero-order valence-electron chi connectivity index (χ0n) is 12.9. The molecule has 0 spiro atoms. The number of pyridine rings is 1. The molecule has 0 radical (unpaired) electrons.